The van der Waals surface area contributed by atoms with Gasteiger partial charge in [-0.15, -0.1) is 0 Å². The Morgan fingerprint density at radius 1 is 1.06 bits per heavy atom. The van der Waals surface area contributed by atoms with E-state index >= 15 is 0 Å². The highest BCUT2D eigenvalue weighted by atomic mass is 16.5. The Bertz CT molecular complexity index is 1050. The second kappa shape index (κ2) is 10.5. The molecule has 8 nitrogen and oxygen atoms in total. The van der Waals surface area contributed by atoms with Gasteiger partial charge in [0.25, 0.3) is 0 Å². The van der Waals surface area contributed by atoms with E-state index in [-0.39, 0.29) is 44.1 Å². The molecule has 0 radical (unpaired) electrons. The standard InChI is InChI=1S/C27H32N2O6/c1-27(2,12-11-24(30)28-14-18-13-17(15-34-18)25(31)32)29-26(33)35-16-23-21-9-5-3-7-19(21)20-8-4-6-10-22(20)23/h3-10,17-18,23H,11-16H2,1-2H3,(H,28,30)(H,29,33)(H,31,32). The summed E-state index contributed by atoms with van der Waals surface area (Å²) in [5.74, 6) is -1.58. The predicted octanol–water partition coefficient (Wildman–Crippen LogP) is 3.69. The lowest BCUT2D eigenvalue weighted by Gasteiger charge is -2.26. The Balaban J connectivity index is 1.22. The van der Waals surface area contributed by atoms with Gasteiger partial charge in [-0.1, -0.05) is 48.5 Å². The number of hydrogen-bond donors (Lipinski definition) is 3. The van der Waals surface area contributed by atoms with Crippen LogP contribution in [0.15, 0.2) is 48.5 Å². The largest absolute Gasteiger partial charge is 0.481 e. The van der Waals surface area contributed by atoms with E-state index in [4.69, 9.17) is 14.6 Å². The maximum Gasteiger partial charge on any atom is 0.407 e. The average molecular weight is 481 g/mol. The normalized spacial score (nSPS) is 19.0. The number of alkyl carbamates (subject to hydrolysis) is 1. The van der Waals surface area contributed by atoms with Gasteiger partial charge in [-0.2, -0.15) is 0 Å². The summed E-state index contributed by atoms with van der Waals surface area (Å²) in [4.78, 5) is 35.8. The summed E-state index contributed by atoms with van der Waals surface area (Å²) in [5.41, 5.74) is 4.00. The van der Waals surface area contributed by atoms with Gasteiger partial charge in [-0.05, 0) is 48.9 Å². The summed E-state index contributed by atoms with van der Waals surface area (Å²) in [7, 11) is 0. The molecule has 1 saturated heterocycles. The van der Waals surface area contributed by atoms with Crippen LogP contribution in [0.5, 0.6) is 0 Å². The Kier molecular flexibility index (Phi) is 7.40. The molecule has 2 aromatic rings. The Hall–Kier alpha value is -3.39. The summed E-state index contributed by atoms with van der Waals surface area (Å²) >= 11 is 0. The minimum absolute atomic E-state index is 0.0134. The first-order valence-corrected chi connectivity index (χ1v) is 12.0. The number of nitrogens with one attached hydrogen (secondary N) is 2. The summed E-state index contributed by atoms with van der Waals surface area (Å²) in [5, 5.41) is 14.7. The third kappa shape index (κ3) is 6.00. The van der Waals surface area contributed by atoms with Gasteiger partial charge in [0.15, 0.2) is 0 Å². The molecule has 4 rings (SSSR count). The van der Waals surface area contributed by atoms with Crippen LogP contribution >= 0.6 is 0 Å². The number of amides is 2. The number of carboxylic acid groups (broad SMARTS) is 1. The van der Waals surface area contributed by atoms with E-state index in [0.29, 0.717) is 12.8 Å². The number of benzene rings is 2. The Morgan fingerprint density at radius 2 is 1.69 bits per heavy atom. The summed E-state index contributed by atoms with van der Waals surface area (Å²) in [6, 6.07) is 16.3. The van der Waals surface area contributed by atoms with Gasteiger partial charge in [-0.3, -0.25) is 9.59 Å². The van der Waals surface area contributed by atoms with Crippen LogP contribution in [0.2, 0.25) is 0 Å². The zero-order chi connectivity index (χ0) is 25.0. The molecule has 2 aromatic carbocycles. The fourth-order valence-electron chi connectivity index (χ4n) is 4.74. The minimum atomic E-state index is -0.875. The first-order valence-electron chi connectivity index (χ1n) is 12.0. The molecule has 186 valence electrons. The van der Waals surface area contributed by atoms with Crippen LogP contribution in [0.4, 0.5) is 4.79 Å². The van der Waals surface area contributed by atoms with Gasteiger partial charge >= 0.3 is 12.1 Å². The molecule has 2 atom stereocenters. The molecule has 2 amide bonds. The topological polar surface area (TPSA) is 114 Å². The number of carboxylic acids is 1. The second-order valence-electron chi connectivity index (χ2n) is 9.86. The van der Waals surface area contributed by atoms with Crippen molar-refractivity contribution in [2.45, 2.75) is 50.7 Å². The monoisotopic (exact) mass is 480 g/mol. The van der Waals surface area contributed by atoms with Gasteiger partial charge in [0.05, 0.1) is 18.6 Å². The number of aliphatic carboxylic acids is 1. The fourth-order valence-corrected chi connectivity index (χ4v) is 4.74. The van der Waals surface area contributed by atoms with Crippen molar-refractivity contribution in [3.05, 3.63) is 59.7 Å². The van der Waals surface area contributed by atoms with Crippen LogP contribution in [-0.4, -0.2) is 54.5 Å². The lowest BCUT2D eigenvalue weighted by atomic mass is 9.98. The smallest absolute Gasteiger partial charge is 0.407 e. The van der Waals surface area contributed by atoms with E-state index in [1.165, 1.54) is 11.1 Å². The molecule has 0 saturated carbocycles. The van der Waals surface area contributed by atoms with Crippen LogP contribution in [-0.2, 0) is 19.1 Å². The highest BCUT2D eigenvalue weighted by Crippen LogP contribution is 2.44. The molecule has 1 fully saturated rings. The van der Waals surface area contributed by atoms with Crippen LogP contribution in [0.3, 0.4) is 0 Å². The lowest BCUT2D eigenvalue weighted by Crippen LogP contribution is -2.45. The zero-order valence-electron chi connectivity index (χ0n) is 20.1. The molecule has 0 bridgehead atoms. The van der Waals surface area contributed by atoms with Crippen molar-refractivity contribution in [3.63, 3.8) is 0 Å². The van der Waals surface area contributed by atoms with E-state index in [9.17, 15) is 14.4 Å². The number of carbonyl (C=O) groups is 3. The molecule has 0 spiro atoms. The molecular formula is C27H32N2O6. The quantitative estimate of drug-likeness (QED) is 0.504. The molecule has 2 unspecified atom stereocenters. The van der Waals surface area contributed by atoms with E-state index < -0.39 is 23.5 Å². The maximum absolute atomic E-state index is 12.6. The molecular weight excluding hydrogens is 448 g/mol. The van der Waals surface area contributed by atoms with Crippen molar-refractivity contribution in [1.29, 1.82) is 0 Å². The van der Waals surface area contributed by atoms with Crippen LogP contribution < -0.4 is 10.6 Å². The van der Waals surface area contributed by atoms with Gasteiger partial charge in [0.2, 0.25) is 5.91 Å². The zero-order valence-corrected chi connectivity index (χ0v) is 20.1. The van der Waals surface area contributed by atoms with Crippen molar-refractivity contribution in [3.8, 4) is 11.1 Å². The molecule has 1 heterocycles. The number of carbonyl (C=O) groups excluding carboxylic acids is 2. The van der Waals surface area contributed by atoms with Gasteiger partial charge in [0.1, 0.15) is 6.61 Å². The van der Waals surface area contributed by atoms with E-state index in [1.807, 2.05) is 38.1 Å². The van der Waals surface area contributed by atoms with E-state index in [2.05, 4.69) is 34.9 Å². The maximum atomic E-state index is 12.6. The number of hydrogen-bond acceptors (Lipinski definition) is 5. The predicted molar refractivity (Wildman–Crippen MR) is 130 cm³/mol. The summed E-state index contributed by atoms with van der Waals surface area (Å²) < 4.78 is 11.0. The first-order chi connectivity index (χ1) is 16.7. The lowest BCUT2D eigenvalue weighted by molar-refractivity contribution is -0.141. The highest BCUT2D eigenvalue weighted by molar-refractivity contribution is 5.79. The molecule has 2 aliphatic rings. The molecule has 35 heavy (non-hydrogen) atoms. The van der Waals surface area contributed by atoms with Crippen molar-refractivity contribution in [2.24, 2.45) is 5.92 Å². The van der Waals surface area contributed by atoms with Crippen LogP contribution in [0.25, 0.3) is 11.1 Å². The minimum Gasteiger partial charge on any atom is -0.481 e. The first kappa shape index (κ1) is 24.7. The summed E-state index contributed by atoms with van der Waals surface area (Å²) in [6.45, 7) is 4.38. The number of rotatable bonds is 9. The molecule has 3 N–H and O–H groups in total. The van der Waals surface area contributed by atoms with Crippen molar-refractivity contribution in [2.75, 3.05) is 19.8 Å². The van der Waals surface area contributed by atoms with Crippen LogP contribution in [0, 0.1) is 5.92 Å². The molecule has 1 aliphatic carbocycles. The third-order valence-corrected chi connectivity index (χ3v) is 6.72. The molecule has 8 heteroatoms. The second-order valence-corrected chi connectivity index (χ2v) is 9.86. The van der Waals surface area contributed by atoms with Crippen LogP contribution in [0.1, 0.15) is 50.2 Å². The van der Waals surface area contributed by atoms with Crippen molar-refractivity contribution < 1.29 is 29.0 Å². The fraction of sp³-hybridized carbons (Fsp3) is 0.444. The molecule has 0 aromatic heterocycles. The highest BCUT2D eigenvalue weighted by Gasteiger charge is 2.32. The summed E-state index contributed by atoms with van der Waals surface area (Å²) in [6.07, 6.45) is 0.228. The van der Waals surface area contributed by atoms with Crippen molar-refractivity contribution >= 4 is 18.0 Å². The SMILES string of the molecule is CC(C)(CCC(=O)NCC1CC(C(=O)O)CO1)NC(=O)OCC1c2ccccc2-c2ccccc21. The number of fused-ring (bicyclic) bond motifs is 3. The number of ether oxygens (including phenoxy) is 2. The average Bonchev–Trinajstić information content (AvgIpc) is 3.43. The van der Waals surface area contributed by atoms with Gasteiger partial charge in [0, 0.05) is 24.4 Å². The Morgan fingerprint density at radius 3 is 2.29 bits per heavy atom. The molecule has 1 aliphatic heterocycles. The van der Waals surface area contributed by atoms with Crippen molar-refractivity contribution in [1.82, 2.24) is 10.6 Å². The van der Waals surface area contributed by atoms with Gasteiger partial charge < -0.3 is 25.2 Å². The van der Waals surface area contributed by atoms with E-state index in [0.717, 1.165) is 11.1 Å². The van der Waals surface area contributed by atoms with E-state index in [1.54, 1.807) is 0 Å². The third-order valence-electron chi connectivity index (χ3n) is 6.72. The Labute approximate surface area is 205 Å². The van der Waals surface area contributed by atoms with Gasteiger partial charge in [-0.25, -0.2) is 4.79 Å².